The highest BCUT2D eigenvalue weighted by Gasteiger charge is 2.32. The van der Waals surface area contributed by atoms with E-state index in [1.807, 2.05) is 20.8 Å². The lowest BCUT2D eigenvalue weighted by Crippen LogP contribution is -2.35. The van der Waals surface area contributed by atoms with Gasteiger partial charge in [-0.15, -0.1) is 0 Å². The summed E-state index contributed by atoms with van der Waals surface area (Å²) in [4.78, 5) is 37.7. The molecule has 0 radical (unpaired) electrons. The van der Waals surface area contributed by atoms with Crippen molar-refractivity contribution in [3.63, 3.8) is 0 Å². The average Bonchev–Trinajstić information content (AvgIpc) is 3.36. The first-order valence-electron chi connectivity index (χ1n) is 14.6. The fraction of sp³-hybridized carbons (Fsp3) is 0.759. The molecule has 42 heavy (non-hydrogen) atoms. The fourth-order valence-electron chi connectivity index (χ4n) is 4.28. The van der Waals surface area contributed by atoms with Gasteiger partial charge in [-0.05, 0) is 34.1 Å². The van der Waals surface area contributed by atoms with Crippen molar-refractivity contribution in [3.8, 4) is 0 Å². The van der Waals surface area contributed by atoms with Crippen LogP contribution in [0.3, 0.4) is 0 Å². The van der Waals surface area contributed by atoms with Crippen LogP contribution >= 0.6 is 8.53 Å². The van der Waals surface area contributed by atoms with Gasteiger partial charge in [0.1, 0.15) is 12.4 Å². The second-order valence-corrected chi connectivity index (χ2v) is 12.4. The van der Waals surface area contributed by atoms with E-state index in [1.54, 1.807) is 11.7 Å². The molecule has 0 fully saturated rings. The first-order valence-corrected chi connectivity index (χ1v) is 15.8. The fourth-order valence-corrected chi connectivity index (χ4v) is 5.91. The number of ketones is 2. The topological polar surface area (TPSA) is 118 Å². The smallest absolute Gasteiger partial charge is 0.259 e. The van der Waals surface area contributed by atoms with Crippen molar-refractivity contribution in [2.45, 2.75) is 92.1 Å². The molecule has 1 aromatic rings. The van der Waals surface area contributed by atoms with Crippen LogP contribution < -0.4 is 0 Å². The molecule has 1 aromatic heterocycles. The quantitative estimate of drug-likeness (QED) is 0.102. The molecule has 1 aliphatic heterocycles. The summed E-state index contributed by atoms with van der Waals surface area (Å²) in [7, 11) is 0.173. The Kier molecular flexibility index (Phi) is 15.9. The van der Waals surface area contributed by atoms with Gasteiger partial charge in [-0.3, -0.25) is 14.2 Å². The number of nitrogens with zero attached hydrogens (tertiary/aromatic N) is 5. The van der Waals surface area contributed by atoms with Crippen LogP contribution in [0.25, 0.3) is 4.85 Å². The molecular formula is C29H48N5O7P. The van der Waals surface area contributed by atoms with Crippen LogP contribution in [0.2, 0.25) is 0 Å². The number of rotatable bonds is 21. The van der Waals surface area contributed by atoms with Crippen molar-refractivity contribution in [1.29, 1.82) is 0 Å². The molecule has 0 bridgehead atoms. The monoisotopic (exact) mass is 609 g/mol. The molecule has 2 heterocycles. The van der Waals surface area contributed by atoms with E-state index in [0.29, 0.717) is 31.2 Å². The van der Waals surface area contributed by atoms with Crippen LogP contribution in [-0.4, -0.2) is 96.4 Å². The van der Waals surface area contributed by atoms with E-state index in [9.17, 15) is 9.59 Å². The SMILES string of the molecule is [C-]#[N+]CCOP(OC[C@@H](CC)O[C@H](COCCOC)n1cnc2c1N=C(CC(=O)C(C)C)CC2=O)N(C(C)C)C(C)C. The minimum Gasteiger partial charge on any atom is -0.382 e. The van der Waals surface area contributed by atoms with Gasteiger partial charge in [-0.25, -0.2) is 21.2 Å². The van der Waals surface area contributed by atoms with E-state index in [1.165, 1.54) is 6.33 Å². The zero-order valence-corrected chi connectivity index (χ0v) is 27.3. The molecule has 0 aliphatic carbocycles. The van der Waals surface area contributed by atoms with Gasteiger partial charge in [0.25, 0.3) is 8.53 Å². The predicted molar refractivity (Wildman–Crippen MR) is 162 cm³/mol. The summed E-state index contributed by atoms with van der Waals surface area (Å²) in [6.45, 7) is 22.8. The van der Waals surface area contributed by atoms with Crippen LogP contribution in [-0.2, 0) is 28.1 Å². The van der Waals surface area contributed by atoms with Crippen LogP contribution in [0.15, 0.2) is 11.3 Å². The molecule has 0 amide bonds. The third-order valence-corrected chi connectivity index (χ3v) is 8.59. The molecule has 2 rings (SSSR count). The Morgan fingerprint density at radius 3 is 2.43 bits per heavy atom. The Labute approximate surface area is 251 Å². The van der Waals surface area contributed by atoms with Gasteiger partial charge in [0.15, 0.2) is 23.5 Å². The Hall–Kier alpha value is -2.10. The summed E-state index contributed by atoms with van der Waals surface area (Å²) in [5.41, 5.74) is 0.777. The first kappa shape index (κ1) is 36.1. The van der Waals surface area contributed by atoms with Crippen molar-refractivity contribution in [2.75, 3.05) is 46.7 Å². The predicted octanol–water partition coefficient (Wildman–Crippen LogP) is 5.41. The van der Waals surface area contributed by atoms with Crippen LogP contribution in [0.4, 0.5) is 5.82 Å². The van der Waals surface area contributed by atoms with Crippen molar-refractivity contribution in [3.05, 3.63) is 23.4 Å². The second-order valence-electron chi connectivity index (χ2n) is 10.9. The minimum absolute atomic E-state index is 0.0296. The maximum absolute atomic E-state index is 12.9. The van der Waals surface area contributed by atoms with E-state index in [0.717, 1.165) is 0 Å². The van der Waals surface area contributed by atoms with Crippen LogP contribution in [0.1, 0.15) is 84.4 Å². The van der Waals surface area contributed by atoms with E-state index in [4.69, 9.17) is 34.8 Å². The van der Waals surface area contributed by atoms with E-state index in [-0.39, 0.29) is 80.6 Å². The molecule has 12 nitrogen and oxygen atoms in total. The number of ether oxygens (including phenoxy) is 3. The summed E-state index contributed by atoms with van der Waals surface area (Å²) >= 11 is 0. The van der Waals surface area contributed by atoms with Gasteiger partial charge < -0.3 is 28.1 Å². The largest absolute Gasteiger partial charge is 0.382 e. The molecule has 0 aromatic carbocycles. The molecule has 0 N–H and O–H groups in total. The summed E-state index contributed by atoms with van der Waals surface area (Å²) in [6, 6.07) is 0.355. The van der Waals surface area contributed by atoms with E-state index < -0.39 is 14.8 Å². The van der Waals surface area contributed by atoms with Gasteiger partial charge in [0.05, 0.1) is 45.3 Å². The third kappa shape index (κ3) is 10.9. The average molecular weight is 610 g/mol. The minimum atomic E-state index is -1.43. The third-order valence-electron chi connectivity index (χ3n) is 6.51. The highest BCUT2D eigenvalue weighted by molar-refractivity contribution is 7.44. The Morgan fingerprint density at radius 1 is 1.12 bits per heavy atom. The van der Waals surface area contributed by atoms with Crippen molar-refractivity contribution in [1.82, 2.24) is 14.2 Å². The Morgan fingerprint density at radius 2 is 1.83 bits per heavy atom. The number of hydrogen-bond donors (Lipinski definition) is 0. The lowest BCUT2D eigenvalue weighted by molar-refractivity contribution is -0.120. The summed E-state index contributed by atoms with van der Waals surface area (Å²) in [5.74, 6) is 0.0681. The molecule has 3 atom stereocenters. The van der Waals surface area contributed by atoms with Gasteiger partial charge >= 0.3 is 0 Å². The highest BCUT2D eigenvalue weighted by atomic mass is 31.2. The van der Waals surface area contributed by atoms with Crippen LogP contribution in [0, 0.1) is 12.5 Å². The molecule has 1 aliphatic rings. The van der Waals surface area contributed by atoms with E-state index in [2.05, 4.69) is 42.2 Å². The molecule has 236 valence electrons. The van der Waals surface area contributed by atoms with Gasteiger partial charge in [0.2, 0.25) is 6.54 Å². The number of Topliss-reactive ketones (excluding diaryl/α,β-unsaturated/α-hetero) is 2. The number of imidazole rings is 1. The zero-order chi connectivity index (χ0) is 31.2. The van der Waals surface area contributed by atoms with Crippen molar-refractivity contribution < 1.29 is 32.8 Å². The van der Waals surface area contributed by atoms with Gasteiger partial charge in [-0.1, -0.05) is 20.8 Å². The van der Waals surface area contributed by atoms with E-state index >= 15 is 0 Å². The number of carbonyl (C=O) groups is 2. The zero-order valence-electron chi connectivity index (χ0n) is 26.4. The first-order chi connectivity index (χ1) is 20.0. The van der Waals surface area contributed by atoms with Gasteiger partial charge in [0, 0.05) is 37.2 Å². The molecule has 0 saturated carbocycles. The maximum Gasteiger partial charge on any atom is 0.259 e. The van der Waals surface area contributed by atoms with Crippen LogP contribution in [0.5, 0.6) is 0 Å². The van der Waals surface area contributed by atoms with Crippen molar-refractivity contribution in [2.24, 2.45) is 10.9 Å². The highest BCUT2D eigenvalue weighted by Crippen LogP contribution is 2.46. The summed E-state index contributed by atoms with van der Waals surface area (Å²) in [6.07, 6.45) is 1.36. The normalized spacial score (nSPS) is 15.7. The number of aromatic nitrogens is 2. The van der Waals surface area contributed by atoms with Gasteiger partial charge in [-0.2, -0.15) is 0 Å². The number of methoxy groups -OCH3 is 1. The molecule has 0 spiro atoms. The van der Waals surface area contributed by atoms with Crippen molar-refractivity contribution >= 4 is 31.6 Å². The standard InChI is InChI=1S/C29H48N5O7P/c1-10-24(17-40-42(39-12-11-30-8)34(21(4)5)22(6)7)41-27(18-38-14-13-37-9)33-19-31-28-26(36)16-23(32-29(28)33)15-25(35)20(2)3/h19-22,24,27H,10-18H2,1-7,9H3/t24-,27-,42?/m1/s1. The maximum atomic E-state index is 12.9. The second kappa shape index (κ2) is 18.5. The lowest BCUT2D eigenvalue weighted by atomic mass is 9.98. The molecule has 0 saturated heterocycles. The number of fused-ring (bicyclic) bond motifs is 1. The summed E-state index contributed by atoms with van der Waals surface area (Å²) < 4.78 is 33.8. The Bertz CT molecular complexity index is 1060. The molecular weight excluding hydrogens is 561 g/mol. The Balaban J connectivity index is 2.30. The summed E-state index contributed by atoms with van der Waals surface area (Å²) in [5, 5.41) is 0. The molecule has 1 unspecified atom stereocenters. The number of carbonyl (C=O) groups excluding carboxylic acids is 2. The number of hydrogen-bond acceptors (Lipinski definition) is 10. The lowest BCUT2D eigenvalue weighted by Gasteiger charge is -2.36. The molecule has 13 heteroatoms. The number of aliphatic imine (C=N–C) groups is 1.